The van der Waals surface area contributed by atoms with E-state index < -0.39 is 0 Å². The summed E-state index contributed by atoms with van der Waals surface area (Å²) in [5.41, 5.74) is 1.05. The van der Waals surface area contributed by atoms with Gasteiger partial charge in [0.1, 0.15) is 5.82 Å². The van der Waals surface area contributed by atoms with Gasteiger partial charge >= 0.3 is 0 Å². The average Bonchev–Trinajstić information content (AvgIpc) is 2.89. The molecule has 0 spiro atoms. The number of carbonyl (C=O) groups excluding carboxylic acids is 1. The smallest absolute Gasteiger partial charge is 0.272 e. The first-order chi connectivity index (χ1) is 9.69. The summed E-state index contributed by atoms with van der Waals surface area (Å²) in [5, 5.41) is 17.3. The topological polar surface area (TPSA) is 92.9 Å². The highest BCUT2D eigenvalue weighted by atomic mass is 16.5. The van der Waals surface area contributed by atoms with Crippen LogP contribution in [-0.4, -0.2) is 27.8 Å². The molecule has 2 rings (SSSR count). The van der Waals surface area contributed by atoms with Crippen LogP contribution in [0.2, 0.25) is 0 Å². The second-order valence-electron chi connectivity index (χ2n) is 4.35. The summed E-state index contributed by atoms with van der Waals surface area (Å²) in [6.45, 7) is 4.98. The van der Waals surface area contributed by atoms with Crippen molar-refractivity contribution in [3.63, 3.8) is 0 Å². The predicted octanol–water partition coefficient (Wildman–Crippen LogP) is 1.52. The van der Waals surface area contributed by atoms with Crippen LogP contribution in [0.15, 0.2) is 22.7 Å². The van der Waals surface area contributed by atoms with Crippen molar-refractivity contribution in [2.75, 3.05) is 11.9 Å². The number of aryl methyl sites for hydroxylation is 1. The van der Waals surface area contributed by atoms with Gasteiger partial charge < -0.3 is 15.2 Å². The number of nitrogens with one attached hydrogen (secondary N) is 2. The normalized spacial score (nSPS) is 10.3. The van der Waals surface area contributed by atoms with Crippen molar-refractivity contribution in [2.45, 2.75) is 26.8 Å². The van der Waals surface area contributed by atoms with E-state index in [1.165, 1.54) is 0 Å². The first-order valence-electron chi connectivity index (χ1n) is 6.47. The minimum absolute atomic E-state index is 0.267. The first kappa shape index (κ1) is 14.0. The first-order valence-corrected chi connectivity index (χ1v) is 6.47. The maximum absolute atomic E-state index is 11.9. The van der Waals surface area contributed by atoms with Crippen molar-refractivity contribution in [1.82, 2.24) is 20.7 Å². The molecule has 2 heterocycles. The molecular formula is C13H17N5O2. The van der Waals surface area contributed by atoms with Gasteiger partial charge in [0.2, 0.25) is 0 Å². The van der Waals surface area contributed by atoms with Gasteiger partial charge in [-0.05, 0) is 25.5 Å². The molecule has 0 saturated carbocycles. The molecule has 7 nitrogen and oxygen atoms in total. The lowest BCUT2D eigenvalue weighted by Gasteiger charge is -2.04. The quantitative estimate of drug-likeness (QED) is 0.830. The molecule has 7 heteroatoms. The standard InChI is InChI=1S/C13H17N5O2/c1-3-6-14-12-5-4-11(16-17-12)13(19)15-8-10-7-9(2)18-20-10/h4-5,7H,3,6,8H2,1-2H3,(H,14,17)(H,15,19). The molecule has 0 bridgehead atoms. The van der Waals surface area contributed by atoms with Crippen molar-refractivity contribution in [2.24, 2.45) is 0 Å². The van der Waals surface area contributed by atoms with Gasteiger partial charge in [-0.2, -0.15) is 0 Å². The molecule has 1 amide bonds. The molecule has 0 aromatic carbocycles. The van der Waals surface area contributed by atoms with Crippen molar-refractivity contribution in [3.05, 3.63) is 35.3 Å². The molecule has 0 radical (unpaired) electrons. The second-order valence-corrected chi connectivity index (χ2v) is 4.35. The van der Waals surface area contributed by atoms with Crippen LogP contribution in [0.4, 0.5) is 5.82 Å². The molecule has 0 saturated heterocycles. The van der Waals surface area contributed by atoms with E-state index in [9.17, 15) is 4.79 Å². The number of carbonyl (C=O) groups is 1. The van der Waals surface area contributed by atoms with Gasteiger partial charge in [0, 0.05) is 12.6 Å². The van der Waals surface area contributed by atoms with E-state index in [0.29, 0.717) is 11.6 Å². The third kappa shape index (κ3) is 3.78. The molecule has 0 aliphatic rings. The molecule has 2 aromatic rings. The summed E-state index contributed by atoms with van der Waals surface area (Å²) in [7, 11) is 0. The monoisotopic (exact) mass is 275 g/mol. The van der Waals surface area contributed by atoms with Crippen LogP contribution in [0.25, 0.3) is 0 Å². The van der Waals surface area contributed by atoms with Crippen LogP contribution in [0, 0.1) is 6.92 Å². The van der Waals surface area contributed by atoms with Crippen LogP contribution in [-0.2, 0) is 6.54 Å². The zero-order chi connectivity index (χ0) is 14.4. The fraction of sp³-hybridized carbons (Fsp3) is 0.385. The van der Waals surface area contributed by atoms with Crippen molar-refractivity contribution in [1.29, 1.82) is 0 Å². The maximum Gasteiger partial charge on any atom is 0.272 e. The molecule has 106 valence electrons. The Bertz CT molecular complexity index is 564. The number of rotatable bonds is 6. The van der Waals surface area contributed by atoms with Crippen LogP contribution in [0.5, 0.6) is 0 Å². The SMILES string of the molecule is CCCNc1ccc(C(=O)NCc2cc(C)no2)nn1. The molecule has 0 aliphatic heterocycles. The fourth-order valence-electron chi connectivity index (χ4n) is 1.56. The van der Waals surface area contributed by atoms with Crippen LogP contribution in [0.1, 0.15) is 35.3 Å². The van der Waals surface area contributed by atoms with E-state index in [1.807, 2.05) is 6.92 Å². The van der Waals surface area contributed by atoms with Gasteiger partial charge in [-0.25, -0.2) is 0 Å². The van der Waals surface area contributed by atoms with E-state index in [1.54, 1.807) is 18.2 Å². The highest BCUT2D eigenvalue weighted by Crippen LogP contribution is 2.04. The van der Waals surface area contributed by atoms with E-state index in [-0.39, 0.29) is 18.1 Å². The Morgan fingerprint density at radius 1 is 1.35 bits per heavy atom. The third-order valence-electron chi connectivity index (χ3n) is 2.55. The number of anilines is 1. The van der Waals surface area contributed by atoms with E-state index >= 15 is 0 Å². The van der Waals surface area contributed by atoms with Gasteiger partial charge in [-0.1, -0.05) is 12.1 Å². The van der Waals surface area contributed by atoms with Gasteiger partial charge in [0.25, 0.3) is 5.91 Å². The lowest BCUT2D eigenvalue weighted by molar-refractivity contribution is 0.0941. The summed E-state index contributed by atoms with van der Waals surface area (Å²) < 4.78 is 5.00. The summed E-state index contributed by atoms with van der Waals surface area (Å²) in [5.74, 6) is 0.966. The Morgan fingerprint density at radius 2 is 2.20 bits per heavy atom. The summed E-state index contributed by atoms with van der Waals surface area (Å²) >= 11 is 0. The Kier molecular flexibility index (Phi) is 4.65. The van der Waals surface area contributed by atoms with Crippen LogP contribution < -0.4 is 10.6 Å². The molecule has 0 atom stereocenters. The Labute approximate surface area is 116 Å². The molecule has 0 fully saturated rings. The van der Waals surface area contributed by atoms with Gasteiger partial charge in [0.05, 0.1) is 12.2 Å². The van der Waals surface area contributed by atoms with Crippen LogP contribution >= 0.6 is 0 Å². The average molecular weight is 275 g/mol. The van der Waals surface area contributed by atoms with Crippen molar-refractivity contribution < 1.29 is 9.32 Å². The number of aromatic nitrogens is 3. The number of hydrogen-bond donors (Lipinski definition) is 2. The van der Waals surface area contributed by atoms with Crippen LogP contribution in [0.3, 0.4) is 0 Å². The zero-order valence-corrected chi connectivity index (χ0v) is 11.5. The number of nitrogens with zero attached hydrogens (tertiary/aromatic N) is 3. The zero-order valence-electron chi connectivity index (χ0n) is 11.5. The third-order valence-corrected chi connectivity index (χ3v) is 2.55. The lowest BCUT2D eigenvalue weighted by Crippen LogP contribution is -2.24. The highest BCUT2D eigenvalue weighted by Gasteiger charge is 2.09. The summed E-state index contributed by atoms with van der Waals surface area (Å²) in [6, 6.07) is 5.13. The largest absolute Gasteiger partial charge is 0.369 e. The predicted molar refractivity (Wildman–Crippen MR) is 73.2 cm³/mol. The minimum Gasteiger partial charge on any atom is -0.369 e. The van der Waals surface area contributed by atoms with Gasteiger partial charge in [-0.3, -0.25) is 4.79 Å². The minimum atomic E-state index is -0.298. The number of amides is 1. The van der Waals surface area contributed by atoms with E-state index in [0.717, 1.165) is 18.7 Å². The maximum atomic E-state index is 11.9. The van der Waals surface area contributed by atoms with Gasteiger partial charge in [0.15, 0.2) is 11.5 Å². The Hall–Kier alpha value is -2.44. The van der Waals surface area contributed by atoms with E-state index in [2.05, 4.69) is 32.9 Å². The molecule has 0 unspecified atom stereocenters. The molecule has 2 N–H and O–H groups in total. The highest BCUT2D eigenvalue weighted by molar-refractivity contribution is 5.92. The number of hydrogen-bond acceptors (Lipinski definition) is 6. The molecule has 0 aliphatic carbocycles. The Morgan fingerprint density at radius 3 is 2.80 bits per heavy atom. The van der Waals surface area contributed by atoms with E-state index in [4.69, 9.17) is 4.52 Å². The van der Waals surface area contributed by atoms with Gasteiger partial charge in [-0.15, -0.1) is 10.2 Å². The molecule has 2 aromatic heterocycles. The molecule has 20 heavy (non-hydrogen) atoms. The lowest BCUT2D eigenvalue weighted by atomic mass is 10.3. The summed E-state index contributed by atoms with van der Waals surface area (Å²) in [6.07, 6.45) is 1.00. The van der Waals surface area contributed by atoms with Crippen molar-refractivity contribution in [3.8, 4) is 0 Å². The van der Waals surface area contributed by atoms with Crippen molar-refractivity contribution >= 4 is 11.7 Å². The second kappa shape index (κ2) is 6.65. The Balaban J connectivity index is 1.88. The molecular weight excluding hydrogens is 258 g/mol. The summed E-state index contributed by atoms with van der Waals surface area (Å²) in [4.78, 5) is 11.9. The fourth-order valence-corrected chi connectivity index (χ4v) is 1.56.